The van der Waals surface area contributed by atoms with Crippen LogP contribution in [0.3, 0.4) is 0 Å². The molecule has 0 spiro atoms. The summed E-state index contributed by atoms with van der Waals surface area (Å²) >= 11 is 0. The van der Waals surface area contributed by atoms with Crippen molar-refractivity contribution in [2.24, 2.45) is 0 Å². The lowest BCUT2D eigenvalue weighted by atomic mass is 9.97. The summed E-state index contributed by atoms with van der Waals surface area (Å²) in [4.78, 5) is 13.5. The van der Waals surface area contributed by atoms with Gasteiger partial charge in [0.2, 0.25) is 16.6 Å². The number of carbonyl (C=O) groups excluding carboxylic acids is 1. The van der Waals surface area contributed by atoms with Gasteiger partial charge < -0.3 is 18.0 Å². The number of benzene rings is 1. The third-order valence-electron chi connectivity index (χ3n) is 5.64. The van der Waals surface area contributed by atoms with Gasteiger partial charge in [-0.05, 0) is 116 Å². The fraction of sp³-hybridized carbons (Fsp3) is 0.741. The first-order chi connectivity index (χ1) is 16.0. The van der Waals surface area contributed by atoms with Crippen LogP contribution in [-0.2, 0) is 15.6 Å². The number of hydrogen-bond donors (Lipinski definition) is 0. The standard InChI is InChI=1S/C27H50O5Si3/c1-21-15-14-18-23(30-33(2,3)4)17-13-11-12-16-22-19-24(31-34(5,6)7)20-25(32-35(8,9)10)26(22)27(28)29-21/h19-21,23H,11-18H2,1-10H3. The summed E-state index contributed by atoms with van der Waals surface area (Å²) in [6.45, 7) is 21.7. The van der Waals surface area contributed by atoms with Crippen molar-refractivity contribution >= 4 is 30.9 Å². The summed E-state index contributed by atoms with van der Waals surface area (Å²) in [5.74, 6) is 1.16. The Morgan fingerprint density at radius 1 is 0.771 bits per heavy atom. The smallest absolute Gasteiger partial charge is 0.342 e. The molecule has 0 fully saturated rings. The van der Waals surface area contributed by atoms with Crippen molar-refractivity contribution in [1.29, 1.82) is 0 Å². The zero-order valence-electron chi connectivity index (χ0n) is 24.0. The number of rotatable bonds is 6. The van der Waals surface area contributed by atoms with Crippen molar-refractivity contribution in [1.82, 2.24) is 0 Å². The highest BCUT2D eigenvalue weighted by Gasteiger charge is 2.28. The van der Waals surface area contributed by atoms with Gasteiger partial charge in [0.1, 0.15) is 17.1 Å². The molecule has 0 saturated carbocycles. The van der Waals surface area contributed by atoms with E-state index in [1.165, 1.54) is 0 Å². The lowest BCUT2D eigenvalue weighted by Gasteiger charge is -2.28. The summed E-state index contributed by atoms with van der Waals surface area (Å²) in [6, 6.07) is 3.97. The van der Waals surface area contributed by atoms with Gasteiger partial charge in [0.05, 0.1) is 6.10 Å². The highest BCUT2D eigenvalue weighted by atomic mass is 28.4. The molecule has 1 aliphatic rings. The van der Waals surface area contributed by atoms with Gasteiger partial charge in [-0.3, -0.25) is 0 Å². The van der Waals surface area contributed by atoms with Crippen molar-refractivity contribution in [2.45, 2.75) is 129 Å². The molecule has 0 radical (unpaired) electrons. The van der Waals surface area contributed by atoms with E-state index < -0.39 is 25.0 Å². The van der Waals surface area contributed by atoms with Gasteiger partial charge in [-0.1, -0.05) is 12.8 Å². The van der Waals surface area contributed by atoms with Crippen LogP contribution >= 0.6 is 0 Å². The van der Waals surface area contributed by atoms with Gasteiger partial charge in [0.15, 0.2) is 8.32 Å². The fourth-order valence-electron chi connectivity index (χ4n) is 4.46. The van der Waals surface area contributed by atoms with Crippen LogP contribution in [0.4, 0.5) is 0 Å². The van der Waals surface area contributed by atoms with E-state index in [0.717, 1.165) is 62.7 Å². The molecule has 2 rings (SSSR count). The van der Waals surface area contributed by atoms with E-state index in [2.05, 4.69) is 65.0 Å². The molecule has 0 bridgehead atoms. The van der Waals surface area contributed by atoms with E-state index in [9.17, 15) is 4.79 Å². The number of aryl methyl sites for hydroxylation is 1. The second-order valence-corrected chi connectivity index (χ2v) is 26.3. The molecule has 1 aromatic rings. The minimum atomic E-state index is -1.96. The first kappa shape index (κ1) is 30.1. The van der Waals surface area contributed by atoms with Gasteiger partial charge >= 0.3 is 5.97 Å². The number of fused-ring (bicyclic) bond motifs is 1. The van der Waals surface area contributed by atoms with Gasteiger partial charge in [0, 0.05) is 12.2 Å². The average molecular weight is 539 g/mol. The lowest BCUT2D eigenvalue weighted by molar-refractivity contribution is 0.0308. The number of hydrogen-bond acceptors (Lipinski definition) is 5. The molecule has 35 heavy (non-hydrogen) atoms. The molecule has 1 aromatic carbocycles. The molecule has 5 nitrogen and oxygen atoms in total. The normalized spacial score (nSPS) is 21.5. The second kappa shape index (κ2) is 12.4. The highest BCUT2D eigenvalue weighted by Crippen LogP contribution is 2.34. The molecule has 2 atom stereocenters. The molecular weight excluding hydrogens is 489 g/mol. The predicted molar refractivity (Wildman–Crippen MR) is 154 cm³/mol. The maximum absolute atomic E-state index is 13.5. The van der Waals surface area contributed by atoms with Crippen LogP contribution in [0.5, 0.6) is 11.5 Å². The van der Waals surface area contributed by atoms with Crippen LogP contribution in [0.25, 0.3) is 0 Å². The molecule has 0 amide bonds. The molecule has 0 N–H and O–H groups in total. The van der Waals surface area contributed by atoms with Crippen LogP contribution in [-0.4, -0.2) is 43.1 Å². The Morgan fingerprint density at radius 3 is 2.00 bits per heavy atom. The summed E-state index contributed by atoms with van der Waals surface area (Å²) in [6.07, 6.45) is 8.22. The fourth-order valence-corrected chi connectivity index (χ4v) is 7.34. The Labute approximate surface area is 217 Å². The monoisotopic (exact) mass is 538 g/mol. The topological polar surface area (TPSA) is 54.0 Å². The highest BCUT2D eigenvalue weighted by molar-refractivity contribution is 6.71. The molecular formula is C27H50O5Si3. The van der Waals surface area contributed by atoms with E-state index in [4.69, 9.17) is 18.0 Å². The molecule has 200 valence electrons. The minimum Gasteiger partial charge on any atom is -0.544 e. The van der Waals surface area contributed by atoms with Gasteiger partial charge in [-0.15, -0.1) is 0 Å². The number of carbonyl (C=O) groups is 1. The summed E-state index contributed by atoms with van der Waals surface area (Å²) < 4.78 is 25.3. The first-order valence-corrected chi connectivity index (χ1v) is 23.7. The van der Waals surface area contributed by atoms with Crippen molar-refractivity contribution < 1.29 is 22.8 Å². The van der Waals surface area contributed by atoms with E-state index in [0.29, 0.717) is 17.4 Å². The zero-order chi connectivity index (χ0) is 26.4. The predicted octanol–water partition coefficient (Wildman–Crippen LogP) is 8.17. The van der Waals surface area contributed by atoms with E-state index in [-0.39, 0.29) is 12.1 Å². The largest absolute Gasteiger partial charge is 0.544 e. The van der Waals surface area contributed by atoms with Crippen LogP contribution in [0.1, 0.15) is 67.8 Å². The quantitative estimate of drug-likeness (QED) is 0.270. The van der Waals surface area contributed by atoms with Gasteiger partial charge in [0.25, 0.3) is 0 Å². The zero-order valence-corrected chi connectivity index (χ0v) is 27.0. The summed E-state index contributed by atoms with van der Waals surface area (Å²) in [5, 5.41) is 0. The van der Waals surface area contributed by atoms with Gasteiger partial charge in [-0.2, -0.15) is 0 Å². The molecule has 0 aliphatic carbocycles. The third-order valence-corrected chi connectivity index (χ3v) is 8.36. The molecule has 0 aromatic heterocycles. The van der Waals surface area contributed by atoms with Crippen LogP contribution < -0.4 is 8.85 Å². The first-order valence-electron chi connectivity index (χ1n) is 13.5. The Hall–Kier alpha value is -1.10. The average Bonchev–Trinajstić information content (AvgIpc) is 2.62. The van der Waals surface area contributed by atoms with E-state index in [1.54, 1.807) is 0 Å². The Kier molecular flexibility index (Phi) is 10.7. The van der Waals surface area contributed by atoms with Crippen molar-refractivity contribution in [2.75, 3.05) is 0 Å². The number of cyclic esters (lactones) is 1. The van der Waals surface area contributed by atoms with Crippen molar-refractivity contribution in [3.05, 3.63) is 23.3 Å². The molecule has 0 saturated heterocycles. The lowest BCUT2D eigenvalue weighted by Crippen LogP contribution is -2.32. The van der Waals surface area contributed by atoms with Crippen molar-refractivity contribution in [3.63, 3.8) is 0 Å². The molecule has 8 heteroatoms. The number of ether oxygens (including phenoxy) is 1. The van der Waals surface area contributed by atoms with Crippen molar-refractivity contribution in [3.8, 4) is 11.5 Å². The Bertz CT molecular complexity index is 837. The van der Waals surface area contributed by atoms with Crippen LogP contribution in [0, 0.1) is 0 Å². The molecule has 2 unspecified atom stereocenters. The maximum atomic E-state index is 13.5. The van der Waals surface area contributed by atoms with Crippen LogP contribution in [0.2, 0.25) is 58.9 Å². The Morgan fingerprint density at radius 2 is 1.40 bits per heavy atom. The minimum absolute atomic E-state index is 0.150. The van der Waals surface area contributed by atoms with Crippen LogP contribution in [0.15, 0.2) is 12.1 Å². The van der Waals surface area contributed by atoms with E-state index >= 15 is 0 Å². The molecule has 1 aliphatic heterocycles. The Balaban J connectivity index is 2.39. The maximum Gasteiger partial charge on any atom is 0.342 e. The number of esters is 1. The van der Waals surface area contributed by atoms with Gasteiger partial charge in [-0.25, -0.2) is 4.79 Å². The third kappa shape index (κ3) is 11.7. The SMILES string of the molecule is CC1CCCC(O[Si](C)(C)C)CCCCCc2cc(O[Si](C)(C)C)cc(O[Si](C)(C)C)c2C(=O)O1. The summed E-state index contributed by atoms with van der Waals surface area (Å²) in [5.41, 5.74) is 1.58. The second-order valence-electron chi connectivity index (χ2n) is 13.0. The molecule has 1 heterocycles. The van der Waals surface area contributed by atoms with E-state index in [1.807, 2.05) is 13.0 Å². The summed E-state index contributed by atoms with van der Waals surface area (Å²) in [7, 11) is -5.37.